The number of aromatic amines is 1. The molecular weight excluding hydrogens is 186 g/mol. The first-order valence-electron chi connectivity index (χ1n) is 3.93. The molecule has 0 saturated heterocycles. The van der Waals surface area contributed by atoms with E-state index < -0.39 is 11.7 Å². The smallest absolute Gasteiger partial charge is 0.327 e. The molecule has 0 aliphatic heterocycles. The molecule has 0 spiro atoms. The Morgan fingerprint density at radius 1 is 1.64 bits per heavy atom. The van der Waals surface area contributed by atoms with Gasteiger partial charge in [-0.25, -0.2) is 4.79 Å². The summed E-state index contributed by atoms with van der Waals surface area (Å²) in [7, 11) is 0. The molecule has 0 amide bonds. The number of rotatable bonds is 2. The summed E-state index contributed by atoms with van der Waals surface area (Å²) < 4.78 is 1.15. The van der Waals surface area contributed by atoms with Crippen LogP contribution in [0.3, 0.4) is 0 Å². The van der Waals surface area contributed by atoms with Gasteiger partial charge in [0, 0.05) is 6.20 Å². The number of hydrogen-bond acceptors (Lipinski definition) is 3. The number of carboxylic acids is 1. The molecule has 2 N–H and O–H groups in total. The number of H-pyrrole nitrogens is 1. The third-order valence-electron chi connectivity index (χ3n) is 1.87. The van der Waals surface area contributed by atoms with E-state index in [9.17, 15) is 9.59 Å². The zero-order valence-electron chi connectivity index (χ0n) is 7.10. The van der Waals surface area contributed by atoms with Crippen LogP contribution < -0.4 is 5.69 Å². The number of carboxylic acid groups (broad SMARTS) is 1. The van der Waals surface area contributed by atoms with Gasteiger partial charge in [0.1, 0.15) is 6.54 Å². The van der Waals surface area contributed by atoms with Gasteiger partial charge < -0.3 is 10.1 Å². The lowest BCUT2D eigenvalue weighted by atomic mass is 10.4. The minimum Gasteiger partial charge on any atom is -0.480 e. The van der Waals surface area contributed by atoms with Crippen molar-refractivity contribution in [3.63, 3.8) is 0 Å². The molecule has 0 saturated carbocycles. The Bertz CT molecular complexity index is 540. The normalized spacial score (nSPS) is 10.6. The van der Waals surface area contributed by atoms with E-state index >= 15 is 0 Å². The lowest BCUT2D eigenvalue weighted by Crippen LogP contribution is -2.21. The van der Waals surface area contributed by atoms with Crippen molar-refractivity contribution >= 4 is 17.0 Å². The van der Waals surface area contributed by atoms with Crippen molar-refractivity contribution in [1.82, 2.24) is 14.5 Å². The molecule has 2 rings (SSSR count). The van der Waals surface area contributed by atoms with Crippen LogP contribution in [0.1, 0.15) is 0 Å². The summed E-state index contributed by atoms with van der Waals surface area (Å²) in [5.41, 5.74) is 0.654. The first kappa shape index (κ1) is 8.49. The minimum atomic E-state index is -1.05. The molecule has 2 heterocycles. The molecule has 0 aliphatic rings. The molecule has 0 bridgehead atoms. The number of carbonyl (C=O) groups is 1. The van der Waals surface area contributed by atoms with Gasteiger partial charge in [0.2, 0.25) is 0 Å². The van der Waals surface area contributed by atoms with Crippen molar-refractivity contribution in [2.75, 3.05) is 0 Å². The highest BCUT2D eigenvalue weighted by Crippen LogP contribution is 2.06. The van der Waals surface area contributed by atoms with Crippen LogP contribution >= 0.6 is 0 Å². The Labute approximate surface area is 77.8 Å². The fraction of sp³-hybridized carbons (Fsp3) is 0.125. The summed E-state index contributed by atoms with van der Waals surface area (Å²) in [6.45, 7) is -0.344. The van der Waals surface area contributed by atoms with E-state index in [1.165, 1.54) is 12.4 Å². The molecule has 2 aromatic heterocycles. The Hall–Kier alpha value is -2.11. The fourth-order valence-corrected chi connectivity index (χ4v) is 1.30. The quantitative estimate of drug-likeness (QED) is 0.691. The van der Waals surface area contributed by atoms with Crippen LogP contribution in [0.15, 0.2) is 23.3 Å². The number of fused-ring (bicyclic) bond motifs is 1. The number of aliphatic carboxylic acids is 1. The van der Waals surface area contributed by atoms with Crippen LogP contribution in [0.5, 0.6) is 0 Å². The Kier molecular flexibility index (Phi) is 1.81. The average molecular weight is 193 g/mol. The maximum absolute atomic E-state index is 11.3. The highest BCUT2D eigenvalue weighted by molar-refractivity contribution is 5.76. The van der Waals surface area contributed by atoms with Gasteiger partial charge in [-0.15, -0.1) is 0 Å². The van der Waals surface area contributed by atoms with Crippen LogP contribution in [0.25, 0.3) is 11.0 Å². The Morgan fingerprint density at radius 3 is 3.14 bits per heavy atom. The number of nitrogens with zero attached hydrogens (tertiary/aromatic N) is 2. The minimum absolute atomic E-state index is 0.344. The molecule has 6 heteroatoms. The van der Waals surface area contributed by atoms with Gasteiger partial charge in [0.25, 0.3) is 0 Å². The Balaban J connectivity index is 2.68. The summed E-state index contributed by atoms with van der Waals surface area (Å²) in [6, 6.07) is 1.59. The van der Waals surface area contributed by atoms with E-state index in [-0.39, 0.29) is 6.54 Å². The lowest BCUT2D eigenvalue weighted by molar-refractivity contribution is -0.137. The second-order valence-corrected chi connectivity index (χ2v) is 2.80. The average Bonchev–Trinajstić information content (AvgIpc) is 2.43. The standard InChI is InChI=1S/C8H7N3O3/c12-7(13)4-11-6-1-2-9-3-5(6)10-8(11)14/h1-3H,4H2,(H,10,14)(H,12,13). The molecular formula is C8H7N3O3. The van der Waals surface area contributed by atoms with Crippen molar-refractivity contribution in [2.24, 2.45) is 0 Å². The second-order valence-electron chi connectivity index (χ2n) is 2.80. The SMILES string of the molecule is O=C(O)Cn1c(=O)[nH]c2cnccc21. The van der Waals surface area contributed by atoms with Gasteiger partial charge in [0.05, 0.1) is 17.2 Å². The first-order valence-corrected chi connectivity index (χ1v) is 3.93. The van der Waals surface area contributed by atoms with E-state index in [1.807, 2.05) is 0 Å². The van der Waals surface area contributed by atoms with Gasteiger partial charge in [-0.1, -0.05) is 0 Å². The largest absolute Gasteiger partial charge is 0.480 e. The van der Waals surface area contributed by atoms with Crippen LogP contribution in [0.4, 0.5) is 0 Å². The summed E-state index contributed by atoms with van der Waals surface area (Å²) in [4.78, 5) is 28.1. The third-order valence-corrected chi connectivity index (χ3v) is 1.87. The second kappa shape index (κ2) is 2.99. The lowest BCUT2D eigenvalue weighted by Gasteiger charge is -1.96. The third kappa shape index (κ3) is 1.26. The number of hydrogen-bond donors (Lipinski definition) is 2. The number of imidazole rings is 1. The van der Waals surface area contributed by atoms with Crippen molar-refractivity contribution < 1.29 is 9.90 Å². The highest BCUT2D eigenvalue weighted by Gasteiger charge is 2.08. The maximum Gasteiger partial charge on any atom is 0.327 e. The predicted molar refractivity (Wildman–Crippen MR) is 48.0 cm³/mol. The van der Waals surface area contributed by atoms with E-state index in [4.69, 9.17) is 5.11 Å². The number of nitrogens with one attached hydrogen (secondary N) is 1. The predicted octanol–water partition coefficient (Wildman–Crippen LogP) is -0.191. The van der Waals surface area contributed by atoms with Crippen LogP contribution in [-0.2, 0) is 11.3 Å². The van der Waals surface area contributed by atoms with Gasteiger partial charge in [-0.3, -0.25) is 14.3 Å². The number of aromatic nitrogens is 3. The van der Waals surface area contributed by atoms with Crippen molar-refractivity contribution in [3.05, 3.63) is 28.9 Å². The van der Waals surface area contributed by atoms with E-state index in [0.717, 1.165) is 4.57 Å². The summed E-state index contributed by atoms with van der Waals surface area (Å²) >= 11 is 0. The van der Waals surface area contributed by atoms with Crippen LogP contribution in [0, 0.1) is 0 Å². The topological polar surface area (TPSA) is 88.0 Å². The van der Waals surface area contributed by atoms with E-state index in [0.29, 0.717) is 11.0 Å². The zero-order valence-corrected chi connectivity index (χ0v) is 7.10. The maximum atomic E-state index is 11.3. The molecule has 0 aromatic carbocycles. The summed E-state index contributed by atoms with van der Waals surface area (Å²) in [5, 5.41) is 8.58. The van der Waals surface area contributed by atoms with Gasteiger partial charge in [-0.2, -0.15) is 0 Å². The molecule has 2 aromatic rings. The fourth-order valence-electron chi connectivity index (χ4n) is 1.30. The monoisotopic (exact) mass is 193 g/mol. The van der Waals surface area contributed by atoms with E-state index in [1.54, 1.807) is 6.07 Å². The van der Waals surface area contributed by atoms with E-state index in [2.05, 4.69) is 9.97 Å². The summed E-state index contributed by atoms with van der Waals surface area (Å²) in [6.07, 6.45) is 2.99. The van der Waals surface area contributed by atoms with Crippen molar-refractivity contribution in [3.8, 4) is 0 Å². The van der Waals surface area contributed by atoms with Gasteiger partial charge in [-0.05, 0) is 6.07 Å². The first-order chi connectivity index (χ1) is 6.68. The highest BCUT2D eigenvalue weighted by atomic mass is 16.4. The van der Waals surface area contributed by atoms with Crippen molar-refractivity contribution in [1.29, 1.82) is 0 Å². The van der Waals surface area contributed by atoms with Crippen LogP contribution in [0.2, 0.25) is 0 Å². The molecule has 0 radical (unpaired) electrons. The summed E-state index contributed by atoms with van der Waals surface area (Å²) in [5.74, 6) is -1.05. The molecule has 72 valence electrons. The molecule has 0 aliphatic carbocycles. The molecule has 0 unspecified atom stereocenters. The molecule has 14 heavy (non-hydrogen) atoms. The molecule has 0 atom stereocenters. The Morgan fingerprint density at radius 2 is 2.43 bits per heavy atom. The number of pyridine rings is 1. The van der Waals surface area contributed by atoms with Gasteiger partial charge in [0.15, 0.2) is 0 Å². The zero-order chi connectivity index (χ0) is 10.1. The van der Waals surface area contributed by atoms with Crippen molar-refractivity contribution in [2.45, 2.75) is 6.54 Å². The van der Waals surface area contributed by atoms with Gasteiger partial charge >= 0.3 is 11.7 Å². The molecule has 6 nitrogen and oxygen atoms in total. The molecule has 0 fully saturated rings. The van der Waals surface area contributed by atoms with Crippen LogP contribution in [-0.4, -0.2) is 25.6 Å².